The quantitative estimate of drug-likeness (QED) is 0.312. The van der Waals surface area contributed by atoms with Gasteiger partial charge in [0, 0.05) is 5.69 Å². The van der Waals surface area contributed by atoms with Gasteiger partial charge in [-0.1, -0.05) is 59.6 Å². The third-order valence-corrected chi connectivity index (χ3v) is 4.97. The lowest BCUT2D eigenvalue weighted by atomic mass is 10.2. The molecule has 0 saturated carbocycles. The Kier molecular flexibility index (Phi) is 7.65. The number of aryl methyl sites for hydroxylation is 1. The first-order valence-corrected chi connectivity index (χ1v) is 10.0. The van der Waals surface area contributed by atoms with E-state index in [0.717, 1.165) is 11.1 Å². The lowest BCUT2D eigenvalue weighted by Gasteiger charge is -2.08. The van der Waals surface area contributed by atoms with Gasteiger partial charge in [-0.05, 0) is 53.9 Å². The lowest BCUT2D eigenvalue weighted by Crippen LogP contribution is -2.32. The number of hydrogen-bond acceptors (Lipinski definition) is 4. The number of rotatable bonds is 6. The number of hydrazone groups is 1. The van der Waals surface area contributed by atoms with Crippen LogP contribution < -0.4 is 15.5 Å². The summed E-state index contributed by atoms with van der Waals surface area (Å²) in [6, 6.07) is 19.6. The van der Waals surface area contributed by atoms with E-state index >= 15 is 0 Å². The zero-order valence-electron chi connectivity index (χ0n) is 16.6. The van der Waals surface area contributed by atoms with E-state index in [4.69, 9.17) is 27.9 Å². The second-order valence-electron chi connectivity index (χ2n) is 6.58. The van der Waals surface area contributed by atoms with Gasteiger partial charge in [0.2, 0.25) is 0 Å². The molecular formula is C23H19Cl2N3O3. The first-order valence-electron chi connectivity index (χ1n) is 9.29. The maximum Gasteiger partial charge on any atom is 0.329 e. The van der Waals surface area contributed by atoms with E-state index in [-0.39, 0.29) is 0 Å². The molecule has 0 heterocycles. The van der Waals surface area contributed by atoms with Crippen LogP contribution in [-0.4, -0.2) is 18.0 Å². The molecular weight excluding hydrogens is 437 g/mol. The monoisotopic (exact) mass is 455 g/mol. The molecule has 2 N–H and O–H groups in total. The first-order chi connectivity index (χ1) is 14.9. The summed E-state index contributed by atoms with van der Waals surface area (Å²) in [5, 5.41) is 7.33. The minimum atomic E-state index is -0.869. The number of ether oxygens (including phenoxy) is 1. The summed E-state index contributed by atoms with van der Waals surface area (Å²) in [7, 11) is 0. The molecule has 0 aliphatic rings. The SMILES string of the molecule is Cc1ccccc1NC(=O)C(=O)N/N=C\c1cccc(OCc2ccc(Cl)c(Cl)c2)c1. The second-order valence-corrected chi connectivity index (χ2v) is 7.39. The summed E-state index contributed by atoms with van der Waals surface area (Å²) in [5.41, 5.74) is 5.19. The maximum absolute atomic E-state index is 12.0. The summed E-state index contributed by atoms with van der Waals surface area (Å²) in [6.45, 7) is 2.15. The maximum atomic E-state index is 12.0. The smallest absolute Gasteiger partial charge is 0.329 e. The van der Waals surface area contributed by atoms with Gasteiger partial charge < -0.3 is 10.1 Å². The molecule has 3 aromatic rings. The molecule has 0 saturated heterocycles. The highest BCUT2D eigenvalue weighted by atomic mass is 35.5. The van der Waals surface area contributed by atoms with Crippen molar-refractivity contribution in [2.45, 2.75) is 13.5 Å². The summed E-state index contributed by atoms with van der Waals surface area (Å²) in [6.07, 6.45) is 1.42. The standard InChI is InChI=1S/C23H19Cl2N3O3/c1-15-5-2-3-8-21(15)27-22(29)23(30)28-26-13-16-6-4-7-18(11-16)31-14-17-9-10-19(24)20(25)12-17/h2-13H,14H2,1H3,(H,27,29)(H,28,30)/b26-13-. The van der Waals surface area contributed by atoms with Gasteiger partial charge in [0.1, 0.15) is 12.4 Å². The number of anilines is 1. The summed E-state index contributed by atoms with van der Waals surface area (Å²) >= 11 is 11.9. The molecule has 0 bridgehead atoms. The highest BCUT2D eigenvalue weighted by molar-refractivity contribution is 6.42. The number of hydrogen-bond donors (Lipinski definition) is 2. The highest BCUT2D eigenvalue weighted by Crippen LogP contribution is 2.23. The third-order valence-electron chi connectivity index (χ3n) is 4.23. The number of benzene rings is 3. The van der Waals surface area contributed by atoms with Crippen molar-refractivity contribution < 1.29 is 14.3 Å². The van der Waals surface area contributed by atoms with E-state index in [9.17, 15) is 9.59 Å². The Morgan fingerprint density at radius 2 is 1.77 bits per heavy atom. The number of nitrogens with one attached hydrogen (secondary N) is 2. The Morgan fingerprint density at radius 1 is 0.968 bits per heavy atom. The largest absolute Gasteiger partial charge is 0.489 e. The molecule has 0 spiro atoms. The first kappa shape index (κ1) is 22.3. The molecule has 2 amide bonds. The van der Waals surface area contributed by atoms with Crippen LogP contribution in [0.2, 0.25) is 10.0 Å². The number of carbonyl (C=O) groups is 2. The number of para-hydroxylation sites is 1. The number of amides is 2. The van der Waals surface area contributed by atoms with E-state index in [2.05, 4.69) is 15.8 Å². The molecule has 31 heavy (non-hydrogen) atoms. The molecule has 158 valence electrons. The predicted molar refractivity (Wildman–Crippen MR) is 123 cm³/mol. The Labute approximate surface area is 189 Å². The summed E-state index contributed by atoms with van der Waals surface area (Å²) in [5.74, 6) is -1.06. The fraction of sp³-hybridized carbons (Fsp3) is 0.0870. The van der Waals surface area contributed by atoms with Crippen molar-refractivity contribution in [3.05, 3.63) is 93.5 Å². The van der Waals surface area contributed by atoms with Crippen LogP contribution in [0.15, 0.2) is 71.8 Å². The zero-order chi connectivity index (χ0) is 22.2. The van der Waals surface area contributed by atoms with Gasteiger partial charge in [-0.2, -0.15) is 5.10 Å². The summed E-state index contributed by atoms with van der Waals surface area (Å²) in [4.78, 5) is 23.9. The molecule has 8 heteroatoms. The van der Waals surface area contributed by atoms with Gasteiger partial charge >= 0.3 is 11.8 Å². The van der Waals surface area contributed by atoms with Crippen LogP contribution in [-0.2, 0) is 16.2 Å². The van der Waals surface area contributed by atoms with Crippen LogP contribution in [0.5, 0.6) is 5.75 Å². The molecule has 0 aliphatic heterocycles. The van der Waals surface area contributed by atoms with Gasteiger partial charge in [-0.3, -0.25) is 9.59 Å². The zero-order valence-corrected chi connectivity index (χ0v) is 18.1. The predicted octanol–water partition coefficient (Wildman–Crippen LogP) is 4.97. The van der Waals surface area contributed by atoms with E-state index in [0.29, 0.717) is 33.7 Å². The Hall–Kier alpha value is -3.35. The molecule has 0 atom stereocenters. The van der Waals surface area contributed by atoms with Gasteiger partial charge in [0.05, 0.1) is 16.3 Å². The van der Waals surface area contributed by atoms with Crippen LogP contribution in [0.1, 0.15) is 16.7 Å². The van der Waals surface area contributed by atoms with Crippen LogP contribution >= 0.6 is 23.2 Å². The Morgan fingerprint density at radius 3 is 2.55 bits per heavy atom. The molecule has 0 aliphatic carbocycles. The summed E-state index contributed by atoms with van der Waals surface area (Å²) < 4.78 is 5.76. The van der Waals surface area contributed by atoms with Crippen molar-refractivity contribution in [2.75, 3.05) is 5.32 Å². The van der Waals surface area contributed by atoms with Gasteiger partial charge in [-0.15, -0.1) is 0 Å². The Bertz CT molecular complexity index is 1130. The number of halogens is 2. The molecule has 3 aromatic carbocycles. The van der Waals surface area contributed by atoms with Crippen molar-refractivity contribution in [1.29, 1.82) is 0 Å². The molecule has 6 nitrogen and oxygen atoms in total. The minimum absolute atomic E-state index is 0.313. The molecule has 3 rings (SSSR count). The average Bonchev–Trinajstić information content (AvgIpc) is 2.76. The molecule has 0 aromatic heterocycles. The lowest BCUT2D eigenvalue weighted by molar-refractivity contribution is -0.136. The molecule has 0 radical (unpaired) electrons. The van der Waals surface area contributed by atoms with Gasteiger partial charge in [0.15, 0.2) is 0 Å². The number of nitrogens with zero attached hydrogens (tertiary/aromatic N) is 1. The van der Waals surface area contributed by atoms with Crippen molar-refractivity contribution in [3.63, 3.8) is 0 Å². The van der Waals surface area contributed by atoms with Crippen LogP contribution in [0, 0.1) is 6.92 Å². The fourth-order valence-electron chi connectivity index (χ4n) is 2.59. The minimum Gasteiger partial charge on any atom is -0.489 e. The van der Waals surface area contributed by atoms with Crippen LogP contribution in [0.4, 0.5) is 5.69 Å². The van der Waals surface area contributed by atoms with E-state index in [1.165, 1.54) is 6.21 Å². The fourth-order valence-corrected chi connectivity index (χ4v) is 2.91. The normalized spacial score (nSPS) is 10.7. The van der Waals surface area contributed by atoms with Gasteiger partial charge in [0.25, 0.3) is 0 Å². The van der Waals surface area contributed by atoms with Crippen LogP contribution in [0.3, 0.4) is 0 Å². The molecule has 0 fully saturated rings. The van der Waals surface area contributed by atoms with E-state index in [1.54, 1.807) is 48.5 Å². The van der Waals surface area contributed by atoms with E-state index in [1.807, 2.05) is 25.1 Å². The molecule has 0 unspecified atom stereocenters. The average molecular weight is 456 g/mol. The highest BCUT2D eigenvalue weighted by Gasteiger charge is 2.13. The van der Waals surface area contributed by atoms with Crippen molar-refractivity contribution in [1.82, 2.24) is 5.43 Å². The third kappa shape index (κ3) is 6.57. The Balaban J connectivity index is 1.53. The van der Waals surface area contributed by atoms with Crippen LogP contribution in [0.25, 0.3) is 0 Å². The number of carbonyl (C=O) groups excluding carboxylic acids is 2. The van der Waals surface area contributed by atoms with Gasteiger partial charge in [-0.25, -0.2) is 5.43 Å². The topological polar surface area (TPSA) is 79.8 Å². The van der Waals surface area contributed by atoms with Crippen molar-refractivity contribution in [2.24, 2.45) is 5.10 Å². The second kappa shape index (κ2) is 10.6. The van der Waals surface area contributed by atoms with Crippen molar-refractivity contribution in [3.8, 4) is 5.75 Å². The van der Waals surface area contributed by atoms with E-state index < -0.39 is 11.8 Å². The van der Waals surface area contributed by atoms with Crippen molar-refractivity contribution >= 4 is 46.9 Å².